The number of aliphatic carboxylic acids is 1. The van der Waals surface area contributed by atoms with Crippen LogP contribution in [0, 0.1) is 5.41 Å². The lowest BCUT2D eigenvalue weighted by Gasteiger charge is -2.37. The molecule has 2 rings (SSSR count). The van der Waals surface area contributed by atoms with Gasteiger partial charge in [0.1, 0.15) is 0 Å². The first-order valence-corrected chi connectivity index (χ1v) is 7.77. The van der Waals surface area contributed by atoms with Crippen molar-refractivity contribution in [3.8, 4) is 0 Å². The summed E-state index contributed by atoms with van der Waals surface area (Å²) in [6, 6.07) is 0. The third-order valence-corrected chi connectivity index (χ3v) is 4.58. The lowest BCUT2D eigenvalue weighted by atomic mass is 9.69. The van der Waals surface area contributed by atoms with E-state index in [9.17, 15) is 14.4 Å². The maximum atomic E-state index is 12.5. The van der Waals surface area contributed by atoms with Crippen molar-refractivity contribution in [2.45, 2.75) is 51.4 Å². The Morgan fingerprint density at radius 2 is 1.86 bits per heavy atom. The van der Waals surface area contributed by atoms with E-state index in [2.05, 4.69) is 5.32 Å². The fourth-order valence-electron chi connectivity index (χ4n) is 3.49. The van der Waals surface area contributed by atoms with Crippen molar-refractivity contribution < 1.29 is 19.5 Å². The largest absolute Gasteiger partial charge is 0.481 e. The smallest absolute Gasteiger partial charge is 0.303 e. The van der Waals surface area contributed by atoms with Crippen LogP contribution in [0.4, 0.5) is 0 Å². The minimum Gasteiger partial charge on any atom is -0.481 e. The van der Waals surface area contributed by atoms with Crippen LogP contribution in [0.1, 0.15) is 51.4 Å². The lowest BCUT2D eigenvalue weighted by Crippen LogP contribution is -2.41. The summed E-state index contributed by atoms with van der Waals surface area (Å²) in [5, 5.41) is 11.9. The predicted octanol–water partition coefficient (Wildman–Crippen LogP) is 1.15. The van der Waals surface area contributed by atoms with Gasteiger partial charge in [-0.2, -0.15) is 0 Å². The van der Waals surface area contributed by atoms with Crippen molar-refractivity contribution in [1.29, 1.82) is 0 Å². The van der Waals surface area contributed by atoms with Crippen LogP contribution in [0.15, 0.2) is 0 Å². The molecule has 0 radical (unpaired) electrons. The van der Waals surface area contributed by atoms with Crippen LogP contribution >= 0.6 is 0 Å². The number of nitrogens with zero attached hydrogens (tertiary/aromatic N) is 1. The predicted molar refractivity (Wildman–Crippen MR) is 76.6 cm³/mol. The highest BCUT2D eigenvalue weighted by Crippen LogP contribution is 2.42. The second kappa shape index (κ2) is 6.91. The van der Waals surface area contributed by atoms with Gasteiger partial charge >= 0.3 is 5.97 Å². The second-order valence-electron chi connectivity index (χ2n) is 6.33. The van der Waals surface area contributed by atoms with Crippen LogP contribution < -0.4 is 5.32 Å². The molecule has 118 valence electrons. The van der Waals surface area contributed by atoms with Crippen LogP contribution in [0.5, 0.6) is 0 Å². The van der Waals surface area contributed by atoms with Gasteiger partial charge in [0, 0.05) is 19.5 Å². The number of carbonyl (C=O) groups excluding carboxylic acids is 2. The molecule has 0 atom stereocenters. The SMILES string of the molecule is O=C(O)CC1(CC(=O)N2CCCNC(=O)C2)CCCCC1. The van der Waals surface area contributed by atoms with Gasteiger partial charge in [-0.15, -0.1) is 0 Å². The number of amides is 2. The van der Waals surface area contributed by atoms with Gasteiger partial charge in [-0.1, -0.05) is 19.3 Å². The summed E-state index contributed by atoms with van der Waals surface area (Å²) >= 11 is 0. The quantitative estimate of drug-likeness (QED) is 0.814. The van der Waals surface area contributed by atoms with Gasteiger partial charge in [0.05, 0.1) is 13.0 Å². The molecule has 21 heavy (non-hydrogen) atoms. The molecule has 1 saturated heterocycles. The highest BCUT2D eigenvalue weighted by molar-refractivity contribution is 5.85. The van der Waals surface area contributed by atoms with Crippen molar-refractivity contribution in [3.05, 3.63) is 0 Å². The van der Waals surface area contributed by atoms with Crippen LogP contribution in [0.2, 0.25) is 0 Å². The van der Waals surface area contributed by atoms with Crippen LogP contribution in [0.3, 0.4) is 0 Å². The zero-order valence-electron chi connectivity index (χ0n) is 12.4. The number of hydrogen-bond acceptors (Lipinski definition) is 3. The number of nitrogens with one attached hydrogen (secondary N) is 1. The Bertz CT molecular complexity index is 416. The van der Waals surface area contributed by atoms with E-state index in [0.29, 0.717) is 13.1 Å². The third-order valence-electron chi connectivity index (χ3n) is 4.58. The fraction of sp³-hybridized carbons (Fsp3) is 0.800. The van der Waals surface area contributed by atoms with E-state index in [-0.39, 0.29) is 31.2 Å². The fourth-order valence-corrected chi connectivity index (χ4v) is 3.49. The Labute approximate surface area is 124 Å². The minimum atomic E-state index is -0.835. The summed E-state index contributed by atoms with van der Waals surface area (Å²) in [5.74, 6) is -1.04. The van der Waals surface area contributed by atoms with Gasteiger partial charge in [-0.3, -0.25) is 14.4 Å². The van der Waals surface area contributed by atoms with Gasteiger partial charge in [0.2, 0.25) is 11.8 Å². The molecular formula is C15H24N2O4. The highest BCUT2D eigenvalue weighted by atomic mass is 16.4. The summed E-state index contributed by atoms with van der Waals surface area (Å²) in [5.41, 5.74) is -0.413. The molecule has 0 aromatic heterocycles. The van der Waals surface area contributed by atoms with E-state index in [0.717, 1.165) is 38.5 Å². The molecule has 0 aromatic rings. The minimum absolute atomic E-state index is 0.0543. The molecule has 2 amide bonds. The van der Waals surface area contributed by atoms with Crippen molar-refractivity contribution in [3.63, 3.8) is 0 Å². The van der Waals surface area contributed by atoms with E-state index in [4.69, 9.17) is 5.11 Å². The number of carboxylic acids is 1. The third kappa shape index (κ3) is 4.44. The summed E-state index contributed by atoms with van der Waals surface area (Å²) in [7, 11) is 0. The Morgan fingerprint density at radius 1 is 1.14 bits per heavy atom. The van der Waals surface area contributed by atoms with Crippen LogP contribution in [0.25, 0.3) is 0 Å². The summed E-state index contributed by atoms with van der Waals surface area (Å²) in [6.45, 7) is 1.27. The standard InChI is InChI=1S/C15H24N2O4/c18-12-11-17(8-4-7-16-12)13(19)9-15(10-14(20)21)5-2-1-3-6-15/h1-11H2,(H,16,18)(H,20,21). The topological polar surface area (TPSA) is 86.7 Å². The average Bonchev–Trinajstić information content (AvgIpc) is 2.63. The highest BCUT2D eigenvalue weighted by Gasteiger charge is 2.38. The zero-order chi connectivity index (χ0) is 15.3. The summed E-state index contributed by atoms with van der Waals surface area (Å²) in [4.78, 5) is 36.8. The van der Waals surface area contributed by atoms with E-state index >= 15 is 0 Å². The first-order valence-electron chi connectivity index (χ1n) is 7.77. The molecule has 1 aliphatic heterocycles. The van der Waals surface area contributed by atoms with Crippen molar-refractivity contribution >= 4 is 17.8 Å². The molecule has 2 fully saturated rings. The van der Waals surface area contributed by atoms with E-state index in [1.807, 2.05) is 0 Å². The zero-order valence-corrected chi connectivity index (χ0v) is 12.4. The average molecular weight is 296 g/mol. The normalized spacial score (nSPS) is 22.3. The molecule has 0 bridgehead atoms. The number of carboxylic acid groups (broad SMARTS) is 1. The molecule has 1 heterocycles. The maximum absolute atomic E-state index is 12.5. The van der Waals surface area contributed by atoms with Crippen molar-refractivity contribution in [1.82, 2.24) is 10.2 Å². The molecule has 0 aromatic carbocycles. The Kier molecular flexibility index (Phi) is 5.20. The van der Waals surface area contributed by atoms with Crippen molar-refractivity contribution in [2.24, 2.45) is 5.41 Å². The monoisotopic (exact) mass is 296 g/mol. The van der Waals surface area contributed by atoms with Crippen LogP contribution in [-0.2, 0) is 14.4 Å². The van der Waals surface area contributed by atoms with Gasteiger partial charge in [0.25, 0.3) is 0 Å². The first-order chi connectivity index (χ1) is 10.0. The van der Waals surface area contributed by atoms with Gasteiger partial charge in [-0.25, -0.2) is 0 Å². The molecule has 2 N–H and O–H groups in total. The maximum Gasteiger partial charge on any atom is 0.303 e. The van der Waals surface area contributed by atoms with E-state index < -0.39 is 11.4 Å². The van der Waals surface area contributed by atoms with Gasteiger partial charge < -0.3 is 15.3 Å². The molecule has 6 heteroatoms. The van der Waals surface area contributed by atoms with Gasteiger partial charge in [0.15, 0.2) is 0 Å². The lowest BCUT2D eigenvalue weighted by molar-refractivity contribution is -0.143. The molecular weight excluding hydrogens is 272 g/mol. The van der Waals surface area contributed by atoms with E-state index in [1.165, 1.54) is 0 Å². The second-order valence-corrected chi connectivity index (χ2v) is 6.33. The summed E-state index contributed by atoms with van der Waals surface area (Å²) < 4.78 is 0. The Balaban J connectivity index is 2.02. The molecule has 0 spiro atoms. The molecule has 6 nitrogen and oxygen atoms in total. The van der Waals surface area contributed by atoms with Crippen molar-refractivity contribution in [2.75, 3.05) is 19.6 Å². The Morgan fingerprint density at radius 3 is 2.52 bits per heavy atom. The van der Waals surface area contributed by atoms with Crippen LogP contribution in [-0.4, -0.2) is 47.4 Å². The Hall–Kier alpha value is -1.59. The number of hydrogen-bond donors (Lipinski definition) is 2. The number of rotatable bonds is 4. The molecule has 1 saturated carbocycles. The number of carbonyl (C=O) groups is 3. The van der Waals surface area contributed by atoms with Gasteiger partial charge in [-0.05, 0) is 24.7 Å². The molecule has 0 unspecified atom stereocenters. The summed E-state index contributed by atoms with van der Waals surface area (Å²) in [6.07, 6.45) is 5.74. The molecule has 1 aliphatic carbocycles. The molecule has 2 aliphatic rings. The van der Waals surface area contributed by atoms with E-state index in [1.54, 1.807) is 4.90 Å². The first kappa shape index (κ1) is 15.8.